The molecule has 0 aliphatic carbocycles. The SMILES string of the molecule is CCO[Si](Cc1cc(F)cc(F)c1)(OC)OCC. The molecule has 3 nitrogen and oxygen atoms in total. The lowest BCUT2D eigenvalue weighted by Gasteiger charge is -2.27. The molecule has 0 saturated heterocycles. The zero-order valence-corrected chi connectivity index (χ0v) is 11.8. The molecule has 0 aliphatic heterocycles. The van der Waals surface area contributed by atoms with Crippen molar-refractivity contribution in [3.63, 3.8) is 0 Å². The number of halogens is 2. The van der Waals surface area contributed by atoms with Crippen molar-refractivity contribution >= 4 is 8.80 Å². The number of rotatable bonds is 7. The Labute approximate surface area is 107 Å². The van der Waals surface area contributed by atoms with Crippen LogP contribution in [0.15, 0.2) is 18.2 Å². The second-order valence-corrected chi connectivity index (χ2v) is 6.41. The molecule has 1 aromatic carbocycles. The van der Waals surface area contributed by atoms with E-state index in [0.29, 0.717) is 18.8 Å². The van der Waals surface area contributed by atoms with Gasteiger partial charge in [0.25, 0.3) is 0 Å². The summed E-state index contributed by atoms with van der Waals surface area (Å²) in [6.45, 7) is 4.51. The summed E-state index contributed by atoms with van der Waals surface area (Å²) in [6, 6.07) is 3.62. The van der Waals surface area contributed by atoms with Gasteiger partial charge >= 0.3 is 8.80 Å². The smallest absolute Gasteiger partial charge is 0.377 e. The van der Waals surface area contributed by atoms with Crippen LogP contribution in [0.3, 0.4) is 0 Å². The summed E-state index contributed by atoms with van der Waals surface area (Å²) < 4.78 is 42.7. The molecule has 0 bridgehead atoms. The third-order valence-electron chi connectivity index (χ3n) is 2.38. The lowest BCUT2D eigenvalue weighted by molar-refractivity contribution is 0.0857. The minimum atomic E-state index is -2.89. The highest BCUT2D eigenvalue weighted by Gasteiger charge is 2.39. The normalized spacial score (nSPS) is 11.8. The van der Waals surface area contributed by atoms with Crippen LogP contribution < -0.4 is 0 Å². The van der Waals surface area contributed by atoms with Crippen LogP contribution in [0, 0.1) is 11.6 Å². The average Bonchev–Trinajstić information content (AvgIpc) is 2.28. The molecule has 0 spiro atoms. The summed E-state index contributed by atoms with van der Waals surface area (Å²) in [5.74, 6) is -1.23. The first-order valence-corrected chi connectivity index (χ1v) is 7.76. The van der Waals surface area contributed by atoms with Crippen LogP contribution in [0.2, 0.25) is 0 Å². The van der Waals surface area contributed by atoms with Gasteiger partial charge in [-0.15, -0.1) is 0 Å². The van der Waals surface area contributed by atoms with Crippen LogP contribution in [0.25, 0.3) is 0 Å². The first-order valence-electron chi connectivity index (χ1n) is 5.83. The van der Waals surface area contributed by atoms with E-state index in [1.165, 1.54) is 19.2 Å². The van der Waals surface area contributed by atoms with E-state index >= 15 is 0 Å². The maximum Gasteiger partial charge on any atom is 0.505 e. The van der Waals surface area contributed by atoms with Crippen molar-refractivity contribution in [2.24, 2.45) is 0 Å². The van der Waals surface area contributed by atoms with Gasteiger partial charge in [0.1, 0.15) is 11.6 Å². The van der Waals surface area contributed by atoms with Crippen LogP contribution in [0.1, 0.15) is 19.4 Å². The predicted molar refractivity (Wildman–Crippen MR) is 66.1 cm³/mol. The second kappa shape index (κ2) is 6.94. The zero-order chi connectivity index (χ0) is 13.6. The highest BCUT2D eigenvalue weighted by Crippen LogP contribution is 2.18. The Morgan fingerprint density at radius 1 is 1.00 bits per heavy atom. The van der Waals surface area contributed by atoms with E-state index in [-0.39, 0.29) is 6.04 Å². The number of hydrogen-bond donors (Lipinski definition) is 0. The van der Waals surface area contributed by atoms with Crippen LogP contribution in [0.4, 0.5) is 8.78 Å². The van der Waals surface area contributed by atoms with Gasteiger partial charge < -0.3 is 13.3 Å². The Morgan fingerprint density at radius 3 is 1.89 bits per heavy atom. The second-order valence-electron chi connectivity index (χ2n) is 3.71. The van der Waals surface area contributed by atoms with Gasteiger partial charge in [0.2, 0.25) is 0 Å². The van der Waals surface area contributed by atoms with Crippen molar-refractivity contribution in [1.29, 1.82) is 0 Å². The average molecular weight is 276 g/mol. The summed E-state index contributed by atoms with van der Waals surface area (Å²) in [6.07, 6.45) is 0. The molecule has 0 N–H and O–H groups in total. The molecule has 0 heterocycles. The van der Waals surface area contributed by atoms with Crippen molar-refractivity contribution in [3.8, 4) is 0 Å². The molecule has 0 radical (unpaired) electrons. The Bertz CT molecular complexity index is 361. The standard InChI is InChI=1S/C12H18F2O3Si/c1-4-16-18(15-3,17-5-2)9-10-6-11(13)8-12(14)7-10/h6-8H,4-5,9H2,1-3H3. The fraction of sp³-hybridized carbons (Fsp3) is 0.500. The van der Waals surface area contributed by atoms with Crippen molar-refractivity contribution in [2.45, 2.75) is 19.9 Å². The van der Waals surface area contributed by atoms with Gasteiger partial charge in [0.15, 0.2) is 0 Å². The molecule has 0 aliphatic rings. The summed E-state index contributed by atoms with van der Waals surface area (Å²) in [7, 11) is -1.40. The van der Waals surface area contributed by atoms with E-state index < -0.39 is 20.4 Å². The first-order chi connectivity index (χ1) is 8.55. The van der Waals surface area contributed by atoms with Crippen LogP contribution in [0.5, 0.6) is 0 Å². The molecule has 102 valence electrons. The van der Waals surface area contributed by atoms with Crippen LogP contribution >= 0.6 is 0 Å². The molecular formula is C12H18F2O3Si. The van der Waals surface area contributed by atoms with Gasteiger partial charge in [-0.05, 0) is 31.5 Å². The van der Waals surface area contributed by atoms with Gasteiger partial charge in [0, 0.05) is 32.4 Å². The van der Waals surface area contributed by atoms with Gasteiger partial charge in [-0.2, -0.15) is 0 Å². The molecule has 6 heteroatoms. The van der Waals surface area contributed by atoms with E-state index in [0.717, 1.165) is 6.07 Å². The van der Waals surface area contributed by atoms with E-state index in [1.807, 2.05) is 13.8 Å². The summed E-state index contributed by atoms with van der Waals surface area (Å²) >= 11 is 0. The lowest BCUT2D eigenvalue weighted by atomic mass is 10.2. The molecule has 1 rings (SSSR count). The molecule has 0 fully saturated rings. The molecule has 0 saturated carbocycles. The molecule has 0 unspecified atom stereocenters. The zero-order valence-electron chi connectivity index (χ0n) is 10.8. The molecule has 1 aromatic rings. The fourth-order valence-corrected chi connectivity index (χ4v) is 3.99. The summed E-state index contributed by atoms with van der Waals surface area (Å²) in [4.78, 5) is 0. The van der Waals surface area contributed by atoms with E-state index in [4.69, 9.17) is 13.3 Å². The Balaban J connectivity index is 2.93. The molecular weight excluding hydrogens is 258 g/mol. The fourth-order valence-electron chi connectivity index (χ4n) is 1.74. The summed E-state index contributed by atoms with van der Waals surface area (Å²) in [5, 5.41) is 0. The number of hydrogen-bond acceptors (Lipinski definition) is 3. The minimum absolute atomic E-state index is 0.250. The van der Waals surface area contributed by atoms with E-state index in [9.17, 15) is 8.78 Å². The Kier molecular flexibility index (Phi) is 5.87. The third kappa shape index (κ3) is 4.13. The van der Waals surface area contributed by atoms with Crippen LogP contribution in [-0.4, -0.2) is 29.1 Å². The van der Waals surface area contributed by atoms with Gasteiger partial charge in [-0.1, -0.05) is 0 Å². The van der Waals surface area contributed by atoms with Gasteiger partial charge in [-0.25, -0.2) is 8.78 Å². The van der Waals surface area contributed by atoms with Crippen LogP contribution in [-0.2, 0) is 19.3 Å². The molecule has 0 amide bonds. The lowest BCUT2D eigenvalue weighted by Crippen LogP contribution is -2.47. The maximum atomic E-state index is 13.1. The monoisotopic (exact) mass is 276 g/mol. The quantitative estimate of drug-likeness (QED) is 0.717. The van der Waals surface area contributed by atoms with E-state index in [2.05, 4.69) is 0 Å². The predicted octanol–water partition coefficient (Wildman–Crippen LogP) is 2.70. The third-order valence-corrected chi connectivity index (χ3v) is 5.30. The van der Waals surface area contributed by atoms with Gasteiger partial charge in [-0.3, -0.25) is 0 Å². The van der Waals surface area contributed by atoms with Crippen molar-refractivity contribution in [2.75, 3.05) is 20.3 Å². The summed E-state index contributed by atoms with van der Waals surface area (Å²) in [5.41, 5.74) is 0.475. The van der Waals surface area contributed by atoms with Crippen molar-refractivity contribution in [3.05, 3.63) is 35.4 Å². The first kappa shape index (κ1) is 15.2. The maximum absolute atomic E-state index is 13.1. The van der Waals surface area contributed by atoms with Crippen molar-refractivity contribution < 1.29 is 22.1 Å². The highest BCUT2D eigenvalue weighted by molar-refractivity contribution is 6.60. The molecule has 0 aromatic heterocycles. The van der Waals surface area contributed by atoms with Crippen molar-refractivity contribution in [1.82, 2.24) is 0 Å². The largest absolute Gasteiger partial charge is 0.505 e. The highest BCUT2D eigenvalue weighted by atomic mass is 28.4. The molecule has 0 atom stereocenters. The van der Waals surface area contributed by atoms with E-state index in [1.54, 1.807) is 0 Å². The Hall–Kier alpha value is -0.823. The molecule has 18 heavy (non-hydrogen) atoms. The topological polar surface area (TPSA) is 27.7 Å². The number of benzene rings is 1. The van der Waals surface area contributed by atoms with Gasteiger partial charge in [0.05, 0.1) is 0 Å². The Morgan fingerprint density at radius 2 is 1.50 bits per heavy atom. The minimum Gasteiger partial charge on any atom is -0.377 e.